The molecule has 1 aromatic rings. The molecule has 26 heavy (non-hydrogen) atoms. The largest absolute Gasteiger partial charge is 0.342 e. The Kier molecular flexibility index (Phi) is 8.21. The third kappa shape index (κ3) is 6.55. The molecule has 0 fully saturated rings. The second-order valence-corrected chi connectivity index (χ2v) is 6.64. The topological polar surface area (TPSA) is 87.3 Å². The van der Waals surface area contributed by atoms with Crippen LogP contribution < -0.4 is 16.0 Å². The van der Waals surface area contributed by atoms with Crippen molar-refractivity contribution in [1.82, 2.24) is 10.6 Å². The average molecular weight is 375 g/mol. The number of nitrogens with one attached hydrogen (secondary N) is 3. The van der Waals surface area contributed by atoms with Crippen molar-refractivity contribution in [3.8, 4) is 0 Å². The van der Waals surface area contributed by atoms with Gasteiger partial charge in [0.05, 0.1) is 0 Å². The fraction of sp³-hybridized carbons (Fsp3) is 0.421. The van der Waals surface area contributed by atoms with Crippen LogP contribution >= 0.6 is 12.6 Å². The molecule has 3 N–H and O–H groups in total. The number of rotatable bonds is 9. The number of anilines is 1. The molecular weight excluding hydrogens is 350 g/mol. The van der Waals surface area contributed by atoms with Gasteiger partial charge < -0.3 is 16.0 Å². The minimum absolute atomic E-state index is 0.256. The van der Waals surface area contributed by atoms with Gasteiger partial charge in [-0.15, -0.1) is 0 Å². The highest BCUT2D eigenvalue weighted by molar-refractivity contribution is 7.80. The van der Waals surface area contributed by atoms with Crippen LogP contribution in [0.3, 0.4) is 0 Å². The number of carbonyl (C=O) groups excluding carboxylic acids is 3. The highest BCUT2D eigenvalue weighted by Crippen LogP contribution is 2.11. The maximum atomic E-state index is 12.6. The van der Waals surface area contributed by atoms with E-state index < -0.39 is 12.1 Å². The first-order chi connectivity index (χ1) is 12.6. The summed E-state index contributed by atoms with van der Waals surface area (Å²) < 4.78 is 0. The van der Waals surface area contributed by atoms with Crippen LogP contribution in [0.2, 0.25) is 0 Å². The number of para-hydroxylation sites is 1. The molecule has 0 radical (unpaired) electrons. The van der Waals surface area contributed by atoms with E-state index in [9.17, 15) is 14.4 Å². The molecule has 0 aliphatic carbocycles. The summed E-state index contributed by atoms with van der Waals surface area (Å²) in [6.45, 7) is 0. The van der Waals surface area contributed by atoms with Gasteiger partial charge in [-0.1, -0.05) is 37.1 Å². The van der Waals surface area contributed by atoms with Gasteiger partial charge in [-0.25, -0.2) is 0 Å². The monoisotopic (exact) mass is 375 g/mol. The Morgan fingerprint density at radius 2 is 1.96 bits per heavy atom. The lowest BCUT2D eigenvalue weighted by Gasteiger charge is -2.23. The van der Waals surface area contributed by atoms with Gasteiger partial charge in [0.15, 0.2) is 0 Å². The SMILES string of the molecule is O=C1C=CC[C@@H](C(=O)N[C@@H](CCCCCS)C(=O)Nc2ccccc2)N1. The second-order valence-electron chi connectivity index (χ2n) is 6.19. The molecule has 140 valence electrons. The molecule has 1 heterocycles. The van der Waals surface area contributed by atoms with E-state index >= 15 is 0 Å². The predicted molar refractivity (Wildman–Crippen MR) is 105 cm³/mol. The Labute approximate surface area is 159 Å². The van der Waals surface area contributed by atoms with Gasteiger partial charge in [-0.2, -0.15) is 12.6 Å². The standard InChI is InChI=1S/C19H25N3O3S/c23-17-12-7-11-15(21-17)19(25)22-16(10-5-2-6-13-26)18(24)20-14-8-3-1-4-9-14/h1,3-4,7-9,12,15-16,26H,2,5-6,10-11,13H2,(H,20,24)(H,21,23)(H,22,25)/t15-,16-/m0/s1. The molecule has 2 rings (SSSR count). The zero-order valence-electron chi connectivity index (χ0n) is 14.6. The van der Waals surface area contributed by atoms with Crippen molar-refractivity contribution >= 4 is 36.0 Å². The van der Waals surface area contributed by atoms with Gasteiger partial charge in [-0.3, -0.25) is 14.4 Å². The number of carbonyl (C=O) groups is 3. The number of hydrogen-bond acceptors (Lipinski definition) is 4. The van der Waals surface area contributed by atoms with E-state index in [-0.39, 0.29) is 17.7 Å². The second kappa shape index (κ2) is 10.7. The molecule has 1 aliphatic heterocycles. The average Bonchev–Trinajstić information content (AvgIpc) is 2.65. The molecule has 2 atom stereocenters. The number of benzene rings is 1. The summed E-state index contributed by atoms with van der Waals surface area (Å²) in [4.78, 5) is 36.5. The molecule has 1 aromatic carbocycles. The lowest BCUT2D eigenvalue weighted by molar-refractivity contribution is -0.130. The van der Waals surface area contributed by atoms with Crippen molar-refractivity contribution in [2.45, 2.75) is 44.2 Å². The molecule has 6 nitrogen and oxygen atoms in total. The lowest BCUT2D eigenvalue weighted by Crippen LogP contribution is -2.53. The normalized spacial score (nSPS) is 17.3. The van der Waals surface area contributed by atoms with E-state index in [1.165, 1.54) is 6.08 Å². The maximum absolute atomic E-state index is 12.6. The molecule has 0 aromatic heterocycles. The molecule has 0 bridgehead atoms. The van der Waals surface area contributed by atoms with Crippen LogP contribution in [0, 0.1) is 0 Å². The van der Waals surface area contributed by atoms with Crippen LogP contribution in [0.25, 0.3) is 0 Å². The zero-order valence-corrected chi connectivity index (χ0v) is 15.5. The van der Waals surface area contributed by atoms with E-state index in [0.717, 1.165) is 25.0 Å². The van der Waals surface area contributed by atoms with Crippen molar-refractivity contribution in [3.63, 3.8) is 0 Å². The molecule has 0 spiro atoms. The van der Waals surface area contributed by atoms with E-state index in [0.29, 0.717) is 18.5 Å². The number of thiol groups is 1. The first-order valence-corrected chi connectivity index (χ1v) is 9.47. The van der Waals surface area contributed by atoms with Gasteiger partial charge in [-0.05, 0) is 43.2 Å². The van der Waals surface area contributed by atoms with E-state index in [1.54, 1.807) is 18.2 Å². The summed E-state index contributed by atoms with van der Waals surface area (Å²) in [7, 11) is 0. The predicted octanol–water partition coefficient (Wildman–Crippen LogP) is 2.04. The first kappa shape index (κ1) is 20.0. The van der Waals surface area contributed by atoms with Crippen LogP contribution in [-0.4, -0.2) is 35.6 Å². The summed E-state index contributed by atoms with van der Waals surface area (Å²) in [5.41, 5.74) is 0.681. The van der Waals surface area contributed by atoms with Crippen molar-refractivity contribution < 1.29 is 14.4 Å². The quantitative estimate of drug-likeness (QED) is 0.393. The van der Waals surface area contributed by atoms with E-state index in [2.05, 4.69) is 28.6 Å². The minimum Gasteiger partial charge on any atom is -0.342 e. The highest BCUT2D eigenvalue weighted by atomic mass is 32.1. The highest BCUT2D eigenvalue weighted by Gasteiger charge is 2.26. The zero-order chi connectivity index (χ0) is 18.8. The summed E-state index contributed by atoms with van der Waals surface area (Å²) in [5.74, 6) is -0.0955. The fourth-order valence-corrected chi connectivity index (χ4v) is 2.92. The van der Waals surface area contributed by atoms with Crippen molar-refractivity contribution in [1.29, 1.82) is 0 Å². The fourth-order valence-electron chi connectivity index (χ4n) is 2.69. The van der Waals surface area contributed by atoms with Gasteiger partial charge in [0.2, 0.25) is 17.7 Å². The van der Waals surface area contributed by atoms with E-state index in [4.69, 9.17) is 0 Å². The third-order valence-electron chi connectivity index (χ3n) is 4.10. The molecule has 1 aliphatic rings. The van der Waals surface area contributed by atoms with Gasteiger partial charge >= 0.3 is 0 Å². The van der Waals surface area contributed by atoms with Gasteiger partial charge in [0.25, 0.3) is 0 Å². The van der Waals surface area contributed by atoms with Crippen molar-refractivity contribution in [2.75, 3.05) is 11.1 Å². The molecular formula is C19H25N3O3S. The summed E-state index contributed by atoms with van der Waals surface area (Å²) in [6, 6.07) is 7.83. The summed E-state index contributed by atoms with van der Waals surface area (Å²) >= 11 is 4.19. The lowest BCUT2D eigenvalue weighted by atomic mass is 10.1. The van der Waals surface area contributed by atoms with Crippen LogP contribution in [-0.2, 0) is 14.4 Å². The van der Waals surface area contributed by atoms with Gasteiger partial charge in [0.1, 0.15) is 12.1 Å². The Morgan fingerprint density at radius 1 is 1.19 bits per heavy atom. The van der Waals surface area contributed by atoms with Crippen LogP contribution in [0.15, 0.2) is 42.5 Å². The summed E-state index contributed by atoms with van der Waals surface area (Å²) in [6.07, 6.45) is 6.74. The third-order valence-corrected chi connectivity index (χ3v) is 4.42. The smallest absolute Gasteiger partial charge is 0.246 e. The van der Waals surface area contributed by atoms with Crippen LogP contribution in [0.5, 0.6) is 0 Å². The minimum atomic E-state index is -0.648. The Bertz CT molecular complexity index is 649. The molecule has 3 amide bonds. The van der Waals surface area contributed by atoms with Crippen LogP contribution in [0.4, 0.5) is 5.69 Å². The van der Waals surface area contributed by atoms with Crippen molar-refractivity contribution in [3.05, 3.63) is 42.5 Å². The number of hydrogen-bond donors (Lipinski definition) is 4. The molecule has 0 unspecified atom stereocenters. The maximum Gasteiger partial charge on any atom is 0.246 e. The molecule has 0 saturated carbocycles. The summed E-state index contributed by atoms with van der Waals surface area (Å²) in [5, 5.41) is 8.22. The molecule has 0 saturated heterocycles. The van der Waals surface area contributed by atoms with Crippen molar-refractivity contribution in [2.24, 2.45) is 0 Å². The Balaban J connectivity index is 1.97. The Morgan fingerprint density at radius 3 is 2.65 bits per heavy atom. The van der Waals surface area contributed by atoms with E-state index in [1.807, 2.05) is 18.2 Å². The van der Waals surface area contributed by atoms with Gasteiger partial charge in [0, 0.05) is 5.69 Å². The molecule has 7 heteroatoms. The Hall–Kier alpha value is -2.28. The number of unbranched alkanes of at least 4 members (excludes halogenated alkanes) is 2. The van der Waals surface area contributed by atoms with Crippen LogP contribution in [0.1, 0.15) is 32.1 Å². The first-order valence-electron chi connectivity index (χ1n) is 8.84. The number of amides is 3.